The Morgan fingerprint density at radius 2 is 0.770 bits per heavy atom. The van der Waals surface area contributed by atoms with Gasteiger partial charge in [-0.2, -0.15) is 0 Å². The molecular formula is C55H105NO5. The van der Waals surface area contributed by atoms with Crippen molar-refractivity contribution in [3.05, 3.63) is 24.3 Å². The topological polar surface area (TPSA) is 95.9 Å². The van der Waals surface area contributed by atoms with Crippen molar-refractivity contribution < 1.29 is 24.5 Å². The number of rotatable bonds is 50. The molecule has 61 heavy (non-hydrogen) atoms. The number of hydrogen-bond acceptors (Lipinski definition) is 5. The number of unbranched alkanes of at least 4 members (excludes halogenated alkanes) is 37. The van der Waals surface area contributed by atoms with Crippen molar-refractivity contribution in [2.45, 2.75) is 302 Å². The van der Waals surface area contributed by atoms with Crippen LogP contribution in [-0.4, -0.2) is 47.4 Å². The SMILES string of the molecule is CCCCCCC/C=C\CCCCCCCC(=O)OCCCCCCCCCCCCC(=O)NC(CO)C(O)/C=C/CCCCCCCCCCCCCCCCCCCC. The van der Waals surface area contributed by atoms with Crippen LogP contribution >= 0.6 is 0 Å². The molecule has 0 aromatic heterocycles. The summed E-state index contributed by atoms with van der Waals surface area (Å²) in [6.45, 7) is 4.85. The first-order valence-electron chi connectivity index (χ1n) is 27.1. The second kappa shape index (κ2) is 51.0. The third-order valence-electron chi connectivity index (χ3n) is 12.5. The zero-order chi connectivity index (χ0) is 44.4. The van der Waals surface area contributed by atoms with Crippen molar-refractivity contribution in [3.8, 4) is 0 Å². The molecule has 0 aromatic carbocycles. The van der Waals surface area contributed by atoms with Crippen LogP contribution < -0.4 is 5.32 Å². The summed E-state index contributed by atoms with van der Waals surface area (Å²) < 4.78 is 5.45. The number of ether oxygens (including phenoxy) is 1. The van der Waals surface area contributed by atoms with Crippen LogP contribution in [0.1, 0.15) is 290 Å². The van der Waals surface area contributed by atoms with Crippen LogP contribution in [0, 0.1) is 0 Å². The fourth-order valence-electron chi connectivity index (χ4n) is 8.27. The Hall–Kier alpha value is -1.66. The van der Waals surface area contributed by atoms with Gasteiger partial charge in [-0.25, -0.2) is 0 Å². The molecule has 2 unspecified atom stereocenters. The molecule has 0 saturated carbocycles. The molecule has 0 aromatic rings. The van der Waals surface area contributed by atoms with Crippen molar-refractivity contribution in [2.24, 2.45) is 0 Å². The van der Waals surface area contributed by atoms with Gasteiger partial charge in [-0.05, 0) is 57.8 Å². The Labute approximate surface area is 380 Å². The van der Waals surface area contributed by atoms with Crippen LogP contribution in [-0.2, 0) is 14.3 Å². The van der Waals surface area contributed by atoms with Crippen LogP contribution in [0.3, 0.4) is 0 Å². The second-order valence-electron chi connectivity index (χ2n) is 18.6. The molecule has 0 heterocycles. The molecule has 1 amide bonds. The molecule has 6 heteroatoms. The molecule has 0 aliphatic heterocycles. The highest BCUT2D eigenvalue weighted by Gasteiger charge is 2.18. The summed E-state index contributed by atoms with van der Waals surface area (Å²) in [6.07, 6.45) is 60.4. The number of aliphatic hydroxyl groups excluding tert-OH is 2. The Morgan fingerprint density at radius 1 is 0.443 bits per heavy atom. The summed E-state index contributed by atoms with van der Waals surface area (Å²) in [4.78, 5) is 24.5. The van der Waals surface area contributed by atoms with Crippen molar-refractivity contribution in [2.75, 3.05) is 13.2 Å². The number of amides is 1. The quantitative estimate of drug-likeness (QED) is 0.0322. The van der Waals surface area contributed by atoms with E-state index < -0.39 is 12.1 Å². The molecule has 0 rings (SSSR count). The average molecular weight is 860 g/mol. The van der Waals surface area contributed by atoms with Crippen molar-refractivity contribution in [1.82, 2.24) is 5.32 Å². The van der Waals surface area contributed by atoms with E-state index in [0.29, 0.717) is 19.4 Å². The summed E-state index contributed by atoms with van der Waals surface area (Å²) in [6, 6.07) is -0.645. The zero-order valence-electron chi connectivity index (χ0n) is 40.9. The molecule has 0 saturated heterocycles. The number of allylic oxidation sites excluding steroid dienone is 3. The predicted molar refractivity (Wildman–Crippen MR) is 264 cm³/mol. The van der Waals surface area contributed by atoms with E-state index in [1.54, 1.807) is 6.08 Å². The molecule has 0 spiro atoms. The highest BCUT2D eigenvalue weighted by molar-refractivity contribution is 5.76. The molecule has 6 nitrogen and oxygen atoms in total. The first-order valence-corrected chi connectivity index (χ1v) is 27.1. The number of aliphatic hydroxyl groups is 2. The van der Waals surface area contributed by atoms with E-state index in [1.165, 1.54) is 205 Å². The zero-order valence-corrected chi connectivity index (χ0v) is 40.9. The summed E-state index contributed by atoms with van der Waals surface area (Å²) in [5, 5.41) is 23.1. The summed E-state index contributed by atoms with van der Waals surface area (Å²) in [5.74, 6) is -0.118. The maximum Gasteiger partial charge on any atom is 0.305 e. The van der Waals surface area contributed by atoms with Gasteiger partial charge < -0.3 is 20.3 Å². The van der Waals surface area contributed by atoms with E-state index in [1.807, 2.05) is 6.08 Å². The van der Waals surface area contributed by atoms with Gasteiger partial charge in [0.25, 0.3) is 0 Å². The highest BCUT2D eigenvalue weighted by Crippen LogP contribution is 2.16. The molecule has 0 radical (unpaired) electrons. The molecule has 0 aliphatic rings. The highest BCUT2D eigenvalue weighted by atomic mass is 16.5. The van der Waals surface area contributed by atoms with Gasteiger partial charge in [0.2, 0.25) is 5.91 Å². The number of nitrogens with one attached hydrogen (secondary N) is 1. The van der Waals surface area contributed by atoms with Gasteiger partial charge in [0.1, 0.15) is 0 Å². The van der Waals surface area contributed by atoms with E-state index in [4.69, 9.17) is 4.74 Å². The minimum Gasteiger partial charge on any atom is -0.466 e. The number of esters is 1. The van der Waals surface area contributed by atoms with Gasteiger partial charge in [0.05, 0.1) is 25.4 Å². The van der Waals surface area contributed by atoms with E-state index in [0.717, 1.165) is 57.8 Å². The lowest BCUT2D eigenvalue weighted by molar-refractivity contribution is -0.143. The maximum atomic E-state index is 12.5. The lowest BCUT2D eigenvalue weighted by Gasteiger charge is -2.20. The van der Waals surface area contributed by atoms with Crippen LogP contribution in [0.25, 0.3) is 0 Å². The molecule has 2 atom stereocenters. The first kappa shape index (κ1) is 59.3. The van der Waals surface area contributed by atoms with Crippen molar-refractivity contribution in [1.29, 1.82) is 0 Å². The lowest BCUT2D eigenvalue weighted by atomic mass is 10.0. The van der Waals surface area contributed by atoms with Gasteiger partial charge in [-0.3, -0.25) is 9.59 Å². The van der Waals surface area contributed by atoms with Gasteiger partial charge in [-0.15, -0.1) is 0 Å². The normalized spacial score (nSPS) is 12.8. The molecule has 3 N–H and O–H groups in total. The average Bonchev–Trinajstić information content (AvgIpc) is 3.26. The van der Waals surface area contributed by atoms with Gasteiger partial charge in [0.15, 0.2) is 0 Å². The Bertz CT molecular complexity index is 951. The predicted octanol–water partition coefficient (Wildman–Crippen LogP) is 16.3. The Balaban J connectivity index is 3.52. The second-order valence-corrected chi connectivity index (χ2v) is 18.6. The third-order valence-corrected chi connectivity index (χ3v) is 12.5. The number of carbonyl (C=O) groups is 2. The van der Waals surface area contributed by atoms with Gasteiger partial charge in [-0.1, -0.05) is 244 Å². The van der Waals surface area contributed by atoms with E-state index in [9.17, 15) is 19.8 Å². The summed E-state index contributed by atoms with van der Waals surface area (Å²) in [7, 11) is 0. The fourth-order valence-corrected chi connectivity index (χ4v) is 8.27. The van der Waals surface area contributed by atoms with Gasteiger partial charge in [0, 0.05) is 12.8 Å². The Morgan fingerprint density at radius 3 is 1.16 bits per heavy atom. The minimum absolute atomic E-state index is 0.0291. The smallest absolute Gasteiger partial charge is 0.305 e. The lowest BCUT2D eigenvalue weighted by Crippen LogP contribution is -2.45. The number of carbonyl (C=O) groups excluding carboxylic acids is 2. The van der Waals surface area contributed by atoms with E-state index >= 15 is 0 Å². The number of hydrogen-bond donors (Lipinski definition) is 3. The van der Waals surface area contributed by atoms with Crippen molar-refractivity contribution in [3.63, 3.8) is 0 Å². The largest absolute Gasteiger partial charge is 0.466 e. The molecular weight excluding hydrogens is 755 g/mol. The summed E-state index contributed by atoms with van der Waals surface area (Å²) in [5.41, 5.74) is 0. The van der Waals surface area contributed by atoms with Gasteiger partial charge >= 0.3 is 5.97 Å². The first-order chi connectivity index (χ1) is 30.0. The maximum absolute atomic E-state index is 12.5. The Kier molecular flexibility index (Phi) is 49.6. The minimum atomic E-state index is -0.860. The van der Waals surface area contributed by atoms with E-state index in [-0.39, 0.29) is 18.5 Å². The van der Waals surface area contributed by atoms with Crippen LogP contribution in [0.2, 0.25) is 0 Å². The van der Waals surface area contributed by atoms with E-state index in [2.05, 4.69) is 31.3 Å². The van der Waals surface area contributed by atoms with Crippen LogP contribution in [0.15, 0.2) is 24.3 Å². The molecule has 0 fully saturated rings. The molecule has 0 bridgehead atoms. The van der Waals surface area contributed by atoms with Crippen LogP contribution in [0.5, 0.6) is 0 Å². The van der Waals surface area contributed by atoms with Crippen molar-refractivity contribution >= 4 is 11.9 Å². The summed E-state index contributed by atoms with van der Waals surface area (Å²) >= 11 is 0. The fraction of sp³-hybridized carbons (Fsp3) is 0.891. The standard InChI is InChI=1S/C55H105NO5/c1-3-5-7-9-11-13-15-17-19-20-21-22-23-24-25-27-31-35-39-43-47-53(58)52(51-57)56-54(59)48-44-40-36-32-29-30-34-38-42-46-50-61-55(60)49-45-41-37-33-28-26-18-16-14-12-10-8-6-4-2/h16,18,43,47,52-53,57-58H,3-15,17,19-42,44-46,48-51H2,1-2H3,(H,56,59)/b18-16-,47-43+. The third kappa shape index (κ3) is 47.7. The molecule has 0 aliphatic carbocycles. The monoisotopic (exact) mass is 860 g/mol. The molecule has 360 valence electrons. The van der Waals surface area contributed by atoms with Crippen LogP contribution in [0.4, 0.5) is 0 Å².